The summed E-state index contributed by atoms with van der Waals surface area (Å²) in [5.41, 5.74) is 3.42. The van der Waals surface area contributed by atoms with Gasteiger partial charge in [-0.05, 0) is 98.9 Å². The average molecular weight is 979 g/mol. The van der Waals surface area contributed by atoms with Crippen LogP contribution in [0, 0.1) is 27.7 Å². The van der Waals surface area contributed by atoms with E-state index in [0.29, 0.717) is 22.7 Å². The average Bonchev–Trinajstić information content (AvgIpc) is 4.10. The van der Waals surface area contributed by atoms with Crippen molar-refractivity contribution in [1.82, 2.24) is 9.97 Å². The molecule has 4 aromatic rings. The molecule has 0 spiro atoms. The van der Waals surface area contributed by atoms with Crippen LogP contribution in [-0.2, 0) is 33.5 Å². The summed E-state index contributed by atoms with van der Waals surface area (Å²) in [4.78, 5) is 26.1. The van der Waals surface area contributed by atoms with Crippen molar-refractivity contribution in [2.24, 2.45) is 9.98 Å². The number of hydrogen-bond acceptors (Lipinski definition) is 16. The van der Waals surface area contributed by atoms with Crippen LogP contribution in [0.4, 0.5) is 13.2 Å². The summed E-state index contributed by atoms with van der Waals surface area (Å²) in [6, 6.07) is 14.6. The number of rotatable bonds is 8. The summed E-state index contributed by atoms with van der Waals surface area (Å²) in [5.74, 6) is 2.82. The quantitative estimate of drug-likeness (QED) is 0.0379. The van der Waals surface area contributed by atoms with E-state index in [9.17, 15) is 21.6 Å². The fraction of sp³-hybridized carbons (Fsp3) is 0.225. The number of aliphatic imine (C=N–C) groups is 2. The van der Waals surface area contributed by atoms with Gasteiger partial charge < -0.3 is 64.2 Å². The normalized spacial score (nSPS) is 15.2. The first-order valence-electron chi connectivity index (χ1n) is 18.2. The van der Waals surface area contributed by atoms with E-state index < -0.39 is 28.6 Å². The second-order valence-corrected chi connectivity index (χ2v) is 14.8. The standard InChI is InChI=1S/C19H18N2O3.C13H13F3N2O4S.C7H7BO4.CH2O3.2K.H/c1-11-6-12(2)20-14(11)8-16-18(22-3)9-15(21-16)13-4-5-17-19(7-13)24-10-23-17;1-7-4-8(2)17-9(7)5-10-11(21-3)6-12(18-10)22-23(19,20)13(14,15)16;9-8(10)5-1-2-6-7(3-5)12-4-11-6;2-1-4-3;;;/h4-9,20H,10H2,1-3H3;4-6,17H,1-3H3;1-3,9-10H,4H2;1,3H;;;/q;;;;2*+1;-1/p-1/b16-8-;10-5-;;;;;. The van der Waals surface area contributed by atoms with Crippen molar-refractivity contribution in [2.75, 3.05) is 27.8 Å². The topological polar surface area (TPSA) is 245 Å². The van der Waals surface area contributed by atoms with Crippen LogP contribution in [0.25, 0.3) is 12.2 Å². The Balaban J connectivity index is 0.000000333. The first-order chi connectivity index (χ1) is 29.9. The number of nitrogens with zero attached hydrogens (tertiary/aromatic N) is 2. The molecule has 6 heterocycles. The third kappa shape index (κ3) is 14.9. The molecule has 18 nitrogen and oxygen atoms in total. The van der Waals surface area contributed by atoms with Crippen LogP contribution in [0.15, 0.2) is 93.6 Å². The maximum Gasteiger partial charge on any atom is 1.00 e. The van der Waals surface area contributed by atoms with E-state index in [1.54, 1.807) is 25.3 Å². The fourth-order valence-electron chi connectivity index (χ4n) is 5.89. The third-order valence-corrected chi connectivity index (χ3v) is 9.72. The van der Waals surface area contributed by atoms with Crippen LogP contribution in [-0.4, -0.2) is 86.9 Å². The van der Waals surface area contributed by atoms with Crippen molar-refractivity contribution in [3.05, 3.63) is 123 Å². The van der Waals surface area contributed by atoms with E-state index in [1.807, 2.05) is 57.2 Å². The number of carbonyl (C=O) groups is 1. The third-order valence-electron chi connectivity index (χ3n) is 8.76. The van der Waals surface area contributed by atoms with Crippen molar-refractivity contribution in [1.29, 1.82) is 0 Å². The van der Waals surface area contributed by atoms with Crippen molar-refractivity contribution in [3.8, 4) is 23.0 Å². The minimum atomic E-state index is -5.78. The summed E-state index contributed by atoms with van der Waals surface area (Å²) in [6.07, 6.45) is 6.45. The molecule has 0 aliphatic carbocycles. The predicted octanol–water partition coefficient (Wildman–Crippen LogP) is -1.83. The SMILES string of the molecule is COC1=CC(OS(=O)(=O)C(F)(F)F)=N/C1=C\c1[nH]c(C)cc1C.COC1=CC(c2ccc3c(c2)OCO3)=N/C1=C\c1[nH]c(C)cc1C.O=CO[O-].OB(O)c1ccc2c(c1)OCO2.[H-].[K+].[K+]. The number of H-pyrrole nitrogens is 2. The van der Waals surface area contributed by atoms with E-state index in [2.05, 4.69) is 37.0 Å². The summed E-state index contributed by atoms with van der Waals surface area (Å²) in [5, 5.41) is 26.1. The number of benzene rings is 2. The molecule has 2 aromatic carbocycles. The molecule has 2 aromatic heterocycles. The Labute approximate surface area is 457 Å². The monoisotopic (exact) mass is 978 g/mol. The molecule has 0 saturated carbocycles. The molecular weight excluding hydrogens is 939 g/mol. The number of nitrogens with one attached hydrogen (secondary N) is 2. The fourth-order valence-corrected chi connectivity index (χ4v) is 6.30. The van der Waals surface area contributed by atoms with E-state index in [4.69, 9.17) is 53.5 Å². The maximum atomic E-state index is 12.3. The Morgan fingerprint density at radius 2 is 1.25 bits per heavy atom. The molecule has 0 radical (unpaired) electrons. The van der Waals surface area contributed by atoms with Gasteiger partial charge in [-0.25, -0.2) is 9.98 Å². The van der Waals surface area contributed by atoms with E-state index in [-0.39, 0.29) is 136 Å². The van der Waals surface area contributed by atoms with Crippen molar-refractivity contribution < 1.29 is 183 Å². The van der Waals surface area contributed by atoms with E-state index in [0.717, 1.165) is 63.0 Å². The molecule has 0 fully saturated rings. The second kappa shape index (κ2) is 24.9. The molecular formula is C40H40BF3K2N4O14S. The van der Waals surface area contributed by atoms with Crippen LogP contribution in [0.5, 0.6) is 23.0 Å². The van der Waals surface area contributed by atoms with Gasteiger partial charge in [-0.2, -0.15) is 21.6 Å². The number of aryl methyl sites for hydroxylation is 4. The number of hydrogen-bond donors (Lipinski definition) is 4. The molecule has 0 unspecified atom stereocenters. The Kier molecular flexibility index (Phi) is 21.3. The smallest absolute Gasteiger partial charge is 1.00 e. The number of fused-ring (bicyclic) bond motifs is 2. The van der Waals surface area contributed by atoms with Crippen LogP contribution < -0.4 is 132 Å². The first-order valence-corrected chi connectivity index (χ1v) is 19.6. The van der Waals surface area contributed by atoms with E-state index in [1.165, 1.54) is 18.7 Å². The van der Waals surface area contributed by atoms with Gasteiger partial charge in [0.05, 0.1) is 19.9 Å². The van der Waals surface area contributed by atoms with Gasteiger partial charge in [-0.3, -0.25) is 4.79 Å². The number of halogens is 3. The molecule has 0 atom stereocenters. The Bertz CT molecular complexity index is 2650. The molecule has 4 aliphatic rings. The minimum Gasteiger partial charge on any atom is -1.00 e. The number of aromatic amines is 2. The van der Waals surface area contributed by atoms with Gasteiger partial charge >= 0.3 is 126 Å². The van der Waals surface area contributed by atoms with Gasteiger partial charge in [0.25, 0.3) is 6.47 Å². The molecule has 0 bridgehead atoms. The number of carbonyl (C=O) groups excluding carboxylic acids is 1. The number of ether oxygens (including phenoxy) is 6. The van der Waals surface area contributed by atoms with Crippen molar-refractivity contribution in [2.45, 2.75) is 33.2 Å². The second-order valence-electron chi connectivity index (χ2n) is 13.3. The van der Waals surface area contributed by atoms with Crippen LogP contribution in [0.1, 0.15) is 40.9 Å². The van der Waals surface area contributed by atoms with Crippen LogP contribution >= 0.6 is 0 Å². The summed E-state index contributed by atoms with van der Waals surface area (Å²) >= 11 is 0. The minimum absolute atomic E-state index is 0. The Morgan fingerprint density at radius 1 is 0.769 bits per heavy atom. The maximum absolute atomic E-state index is 12.3. The number of allylic oxidation sites excluding steroid dienone is 1. The number of aromatic nitrogens is 2. The molecule has 0 saturated heterocycles. The van der Waals surface area contributed by atoms with Gasteiger partial charge in [-0.1, -0.05) is 6.07 Å². The number of methoxy groups -OCH3 is 2. The van der Waals surface area contributed by atoms with Crippen molar-refractivity contribution in [3.63, 3.8) is 0 Å². The number of alkyl halides is 3. The molecule has 336 valence electrons. The van der Waals surface area contributed by atoms with Gasteiger partial charge in [0.2, 0.25) is 19.5 Å². The zero-order valence-corrected chi connectivity index (χ0v) is 43.3. The predicted molar refractivity (Wildman–Crippen MR) is 220 cm³/mol. The molecule has 8 rings (SSSR count). The largest absolute Gasteiger partial charge is 1.00 e. The summed E-state index contributed by atoms with van der Waals surface area (Å²) in [7, 11) is -4.30. The zero-order chi connectivity index (χ0) is 46.1. The van der Waals surface area contributed by atoms with Crippen molar-refractivity contribution >= 4 is 52.9 Å². The zero-order valence-electron chi connectivity index (χ0n) is 37.2. The Morgan fingerprint density at radius 3 is 1.71 bits per heavy atom. The molecule has 4 aliphatic heterocycles. The van der Waals surface area contributed by atoms with Crippen LogP contribution in [0.3, 0.4) is 0 Å². The van der Waals surface area contributed by atoms with Gasteiger partial charge in [-0.15, -0.1) is 0 Å². The Hall–Kier alpha value is -3.67. The van der Waals surface area contributed by atoms with Crippen LogP contribution in [0.2, 0.25) is 0 Å². The molecule has 65 heavy (non-hydrogen) atoms. The molecule has 25 heteroatoms. The molecule has 0 amide bonds. The van der Waals surface area contributed by atoms with Gasteiger partial charge in [0, 0.05) is 40.5 Å². The van der Waals surface area contributed by atoms with Gasteiger partial charge in [0.1, 0.15) is 22.9 Å². The summed E-state index contributed by atoms with van der Waals surface area (Å²) in [6.45, 7) is 8.06. The summed E-state index contributed by atoms with van der Waals surface area (Å²) < 4.78 is 94.3. The van der Waals surface area contributed by atoms with Gasteiger partial charge in [0.15, 0.2) is 23.0 Å². The first kappa shape index (κ1) is 55.7. The molecule has 4 N–H and O–H groups in total. The van der Waals surface area contributed by atoms with E-state index >= 15 is 0 Å².